The van der Waals surface area contributed by atoms with Crippen molar-refractivity contribution in [3.05, 3.63) is 65.7 Å². The van der Waals surface area contributed by atoms with E-state index in [0.717, 1.165) is 11.1 Å². The van der Waals surface area contributed by atoms with Gasteiger partial charge >= 0.3 is 0 Å². The van der Waals surface area contributed by atoms with Crippen LogP contribution < -0.4 is 5.32 Å². The van der Waals surface area contributed by atoms with Gasteiger partial charge in [0.1, 0.15) is 5.82 Å². The van der Waals surface area contributed by atoms with Crippen LogP contribution in [0.3, 0.4) is 0 Å². The van der Waals surface area contributed by atoms with Crippen LogP contribution in [0.4, 0.5) is 4.39 Å². The van der Waals surface area contributed by atoms with Gasteiger partial charge in [-0.2, -0.15) is 0 Å². The molecule has 124 valence electrons. The van der Waals surface area contributed by atoms with Crippen molar-refractivity contribution in [1.29, 1.82) is 0 Å². The Bertz CT molecular complexity index is 734. The number of nitrogens with one attached hydrogen (secondary N) is 1. The van der Waals surface area contributed by atoms with E-state index < -0.39 is 0 Å². The number of hydrogen-bond donors (Lipinski definition) is 1. The molecule has 1 saturated heterocycles. The smallest absolute Gasteiger partial charge is 0.225 e. The first-order chi connectivity index (χ1) is 11.5. The van der Waals surface area contributed by atoms with E-state index in [-0.39, 0.29) is 42.6 Å². The lowest BCUT2D eigenvalue weighted by atomic mass is 10.00. The molecular formula is C18H18FN3O2. The van der Waals surface area contributed by atoms with Crippen LogP contribution in [0.15, 0.2) is 48.8 Å². The Labute approximate surface area is 139 Å². The minimum absolute atomic E-state index is 0.0454. The number of nitrogens with zero attached hydrogens (tertiary/aromatic N) is 2. The molecule has 2 amide bonds. The van der Waals surface area contributed by atoms with Crippen molar-refractivity contribution in [2.75, 3.05) is 7.05 Å². The summed E-state index contributed by atoms with van der Waals surface area (Å²) in [7, 11) is 1.70. The van der Waals surface area contributed by atoms with Crippen molar-refractivity contribution in [3.63, 3.8) is 0 Å². The molecule has 24 heavy (non-hydrogen) atoms. The van der Waals surface area contributed by atoms with Gasteiger partial charge in [-0.3, -0.25) is 14.6 Å². The topological polar surface area (TPSA) is 62.3 Å². The number of benzene rings is 1. The summed E-state index contributed by atoms with van der Waals surface area (Å²) in [5, 5.41) is 2.93. The Morgan fingerprint density at radius 2 is 2.08 bits per heavy atom. The lowest BCUT2D eigenvalue weighted by Gasteiger charge is -2.26. The molecule has 1 N–H and O–H groups in total. The number of amides is 2. The molecule has 5 nitrogen and oxygen atoms in total. The van der Waals surface area contributed by atoms with Crippen molar-refractivity contribution in [1.82, 2.24) is 15.2 Å². The monoisotopic (exact) mass is 327 g/mol. The first-order valence-electron chi connectivity index (χ1n) is 7.74. The molecule has 0 spiro atoms. The third-order valence-corrected chi connectivity index (χ3v) is 4.23. The highest BCUT2D eigenvalue weighted by molar-refractivity contribution is 5.83. The van der Waals surface area contributed by atoms with Crippen LogP contribution >= 0.6 is 0 Å². The zero-order valence-electron chi connectivity index (χ0n) is 13.3. The predicted octanol–water partition coefficient (Wildman–Crippen LogP) is 1.85. The number of carbonyl (C=O) groups excluding carboxylic acids is 2. The quantitative estimate of drug-likeness (QED) is 0.932. The van der Waals surface area contributed by atoms with Crippen molar-refractivity contribution in [2.24, 2.45) is 0 Å². The summed E-state index contributed by atoms with van der Waals surface area (Å²) >= 11 is 0. The molecule has 1 aliphatic heterocycles. The normalized spacial score (nSPS) is 20.2. The van der Waals surface area contributed by atoms with E-state index in [1.807, 2.05) is 6.07 Å². The van der Waals surface area contributed by atoms with E-state index in [9.17, 15) is 14.0 Å². The zero-order chi connectivity index (χ0) is 17.1. The highest BCUT2D eigenvalue weighted by Crippen LogP contribution is 2.32. The maximum absolute atomic E-state index is 13.1. The third-order valence-electron chi connectivity index (χ3n) is 4.23. The summed E-state index contributed by atoms with van der Waals surface area (Å²) in [6, 6.07) is 8.99. The Morgan fingerprint density at radius 1 is 1.33 bits per heavy atom. The fourth-order valence-electron chi connectivity index (χ4n) is 3.06. The Hall–Kier alpha value is -2.76. The molecule has 0 unspecified atom stereocenters. The molecule has 1 aliphatic rings. The molecule has 3 rings (SSSR count). The summed E-state index contributed by atoms with van der Waals surface area (Å²) in [6.45, 7) is 0. The first kappa shape index (κ1) is 16.1. The van der Waals surface area contributed by atoms with Crippen LogP contribution in [0.1, 0.15) is 23.6 Å². The highest BCUT2D eigenvalue weighted by Gasteiger charge is 2.39. The summed E-state index contributed by atoms with van der Waals surface area (Å²) in [5.41, 5.74) is 1.61. The van der Waals surface area contributed by atoms with E-state index in [1.54, 1.807) is 42.5 Å². The number of pyridine rings is 1. The molecule has 0 bridgehead atoms. The van der Waals surface area contributed by atoms with Crippen LogP contribution in [0.2, 0.25) is 0 Å². The van der Waals surface area contributed by atoms with E-state index in [1.165, 1.54) is 12.1 Å². The summed E-state index contributed by atoms with van der Waals surface area (Å²) in [5.74, 6) is -0.540. The fourth-order valence-corrected chi connectivity index (χ4v) is 3.06. The average molecular weight is 327 g/mol. The number of rotatable bonds is 4. The zero-order valence-corrected chi connectivity index (χ0v) is 13.3. The number of carbonyl (C=O) groups is 2. The highest BCUT2D eigenvalue weighted by atomic mass is 19.1. The van der Waals surface area contributed by atoms with E-state index in [0.29, 0.717) is 0 Å². The molecule has 0 radical (unpaired) electrons. The molecular weight excluding hydrogens is 309 g/mol. The summed E-state index contributed by atoms with van der Waals surface area (Å²) < 4.78 is 13.1. The van der Waals surface area contributed by atoms with Gasteiger partial charge in [0.05, 0.1) is 18.5 Å². The van der Waals surface area contributed by atoms with E-state index in [2.05, 4.69) is 10.3 Å². The number of aromatic nitrogens is 1. The largest absolute Gasteiger partial charge is 0.350 e. The van der Waals surface area contributed by atoms with Gasteiger partial charge in [0.2, 0.25) is 11.8 Å². The second-order valence-electron chi connectivity index (χ2n) is 5.92. The maximum atomic E-state index is 13.1. The number of halogens is 1. The van der Waals surface area contributed by atoms with Crippen molar-refractivity contribution in [3.8, 4) is 0 Å². The van der Waals surface area contributed by atoms with Gasteiger partial charge in [-0.1, -0.05) is 18.2 Å². The van der Waals surface area contributed by atoms with Gasteiger partial charge in [-0.05, 0) is 29.3 Å². The molecule has 2 heterocycles. The van der Waals surface area contributed by atoms with Crippen molar-refractivity contribution >= 4 is 11.8 Å². The Balaban J connectivity index is 1.74. The predicted molar refractivity (Wildman–Crippen MR) is 86.4 cm³/mol. The molecule has 2 atom stereocenters. The second-order valence-corrected chi connectivity index (χ2v) is 5.92. The molecule has 1 fully saturated rings. The number of hydrogen-bond acceptors (Lipinski definition) is 3. The van der Waals surface area contributed by atoms with Crippen LogP contribution in [0.5, 0.6) is 0 Å². The minimum Gasteiger partial charge on any atom is -0.350 e. The molecule has 1 aromatic carbocycles. The van der Waals surface area contributed by atoms with E-state index >= 15 is 0 Å². The van der Waals surface area contributed by atoms with Gasteiger partial charge in [0.15, 0.2) is 0 Å². The lowest BCUT2D eigenvalue weighted by molar-refractivity contribution is -0.127. The van der Waals surface area contributed by atoms with Gasteiger partial charge < -0.3 is 10.2 Å². The fraction of sp³-hybridized carbons (Fsp3) is 0.278. The number of likely N-dealkylation sites (tertiary alicyclic amines) is 1. The van der Waals surface area contributed by atoms with Crippen LogP contribution in [-0.2, 0) is 16.0 Å². The Kier molecular flexibility index (Phi) is 4.55. The average Bonchev–Trinajstić information content (AvgIpc) is 2.83. The maximum Gasteiger partial charge on any atom is 0.225 e. The SMILES string of the molecule is CN1C(=O)C[C@@H](NC(=O)Cc2cccnc2)[C@H]1c1ccc(F)cc1. The lowest BCUT2D eigenvalue weighted by Crippen LogP contribution is -2.39. The molecule has 1 aromatic heterocycles. The van der Waals surface area contributed by atoms with Gasteiger partial charge in [0.25, 0.3) is 0 Å². The van der Waals surface area contributed by atoms with Crippen molar-refractivity contribution in [2.45, 2.75) is 24.9 Å². The van der Waals surface area contributed by atoms with Gasteiger partial charge in [-0.15, -0.1) is 0 Å². The first-order valence-corrected chi connectivity index (χ1v) is 7.74. The van der Waals surface area contributed by atoms with E-state index in [4.69, 9.17) is 0 Å². The minimum atomic E-state index is -0.336. The molecule has 0 saturated carbocycles. The summed E-state index contributed by atoms with van der Waals surface area (Å²) in [4.78, 5) is 29.9. The number of likely N-dealkylation sites (N-methyl/N-ethyl adjacent to an activating group) is 1. The molecule has 6 heteroatoms. The van der Waals surface area contributed by atoms with Crippen molar-refractivity contribution < 1.29 is 14.0 Å². The van der Waals surface area contributed by atoms with Crippen LogP contribution in [-0.4, -0.2) is 34.8 Å². The van der Waals surface area contributed by atoms with Crippen LogP contribution in [0.25, 0.3) is 0 Å². The standard InChI is InChI=1S/C18H18FN3O2/c1-22-17(24)10-15(18(22)13-4-6-14(19)7-5-13)21-16(23)9-12-3-2-8-20-11-12/h2-8,11,15,18H,9-10H2,1H3,(H,21,23)/t15-,18-/m1/s1. The second kappa shape index (κ2) is 6.78. The molecule has 2 aromatic rings. The Morgan fingerprint density at radius 3 is 2.75 bits per heavy atom. The van der Waals surface area contributed by atoms with Gasteiger partial charge in [-0.25, -0.2) is 4.39 Å². The van der Waals surface area contributed by atoms with Gasteiger partial charge in [0, 0.05) is 25.9 Å². The third kappa shape index (κ3) is 3.42. The summed E-state index contributed by atoms with van der Waals surface area (Å²) in [6.07, 6.45) is 3.73. The van der Waals surface area contributed by atoms with Crippen LogP contribution in [0, 0.1) is 5.82 Å². The molecule has 0 aliphatic carbocycles.